The predicted octanol–water partition coefficient (Wildman–Crippen LogP) is 3.52. The van der Waals surface area contributed by atoms with Crippen LogP contribution in [0.25, 0.3) is 11.3 Å². The number of halogens is 1. The number of rotatable bonds is 5. The van der Waals surface area contributed by atoms with Crippen LogP contribution in [-0.2, 0) is 6.54 Å². The van der Waals surface area contributed by atoms with Gasteiger partial charge in [0.05, 0.1) is 18.8 Å². The van der Waals surface area contributed by atoms with Crippen molar-refractivity contribution in [2.24, 2.45) is 0 Å². The van der Waals surface area contributed by atoms with Gasteiger partial charge in [-0.25, -0.2) is 9.37 Å². The van der Waals surface area contributed by atoms with Gasteiger partial charge in [-0.3, -0.25) is 4.68 Å². The molecule has 1 aliphatic rings. The Kier molecular flexibility index (Phi) is 4.99. The molecule has 1 aliphatic heterocycles. The molecule has 26 heavy (non-hydrogen) atoms. The topological polar surface area (TPSA) is 54.2 Å². The van der Waals surface area contributed by atoms with Gasteiger partial charge in [-0.2, -0.15) is 5.10 Å². The zero-order chi connectivity index (χ0) is 17.9. The van der Waals surface area contributed by atoms with Crippen molar-refractivity contribution in [3.05, 3.63) is 53.4 Å². The van der Waals surface area contributed by atoms with Gasteiger partial charge in [0, 0.05) is 41.8 Å². The quantitative estimate of drug-likeness (QED) is 0.745. The lowest BCUT2D eigenvalue weighted by Gasteiger charge is -2.32. The summed E-state index contributed by atoms with van der Waals surface area (Å²) in [4.78, 5) is 7.06. The lowest BCUT2D eigenvalue weighted by molar-refractivity contribution is 0.265. The number of nitrogens with zero attached hydrogens (tertiary/aromatic N) is 4. The van der Waals surface area contributed by atoms with E-state index >= 15 is 0 Å². The number of hydrogen-bond donors (Lipinski definition) is 1. The molecule has 0 atom stereocenters. The second-order valence-electron chi connectivity index (χ2n) is 6.49. The molecule has 1 N–H and O–H groups in total. The summed E-state index contributed by atoms with van der Waals surface area (Å²) in [6.07, 6.45) is 3.90. The molecule has 5 nitrogen and oxygen atoms in total. The van der Waals surface area contributed by atoms with E-state index < -0.39 is 0 Å². The molecule has 0 amide bonds. The Bertz CT molecular complexity index is 853. The maximum Gasteiger partial charge on any atom is 0.185 e. The highest BCUT2D eigenvalue weighted by atomic mass is 32.1. The number of benzene rings is 1. The Labute approximate surface area is 155 Å². The van der Waals surface area contributed by atoms with Gasteiger partial charge >= 0.3 is 0 Å². The summed E-state index contributed by atoms with van der Waals surface area (Å²) >= 11 is 1.64. The summed E-state index contributed by atoms with van der Waals surface area (Å²) in [6.45, 7) is 2.56. The lowest BCUT2D eigenvalue weighted by atomic mass is 9.93. The second-order valence-corrected chi connectivity index (χ2v) is 7.32. The summed E-state index contributed by atoms with van der Waals surface area (Å²) < 4.78 is 15.0. The summed E-state index contributed by atoms with van der Waals surface area (Å²) in [6, 6.07) is 8.53. The first-order chi connectivity index (χ1) is 12.7. The van der Waals surface area contributed by atoms with Crippen molar-refractivity contribution in [1.29, 1.82) is 0 Å². The van der Waals surface area contributed by atoms with E-state index in [-0.39, 0.29) is 12.4 Å². The predicted molar refractivity (Wildman–Crippen MR) is 101 cm³/mol. The summed E-state index contributed by atoms with van der Waals surface area (Å²) in [5, 5.41) is 16.5. The van der Waals surface area contributed by atoms with Crippen LogP contribution in [0.4, 0.5) is 9.52 Å². The maximum absolute atomic E-state index is 13.1. The molecule has 0 saturated carbocycles. The summed E-state index contributed by atoms with van der Waals surface area (Å²) in [7, 11) is 0. The van der Waals surface area contributed by atoms with E-state index in [1.807, 2.05) is 16.3 Å². The van der Waals surface area contributed by atoms with E-state index in [0.29, 0.717) is 12.5 Å². The Hall–Kier alpha value is -2.25. The van der Waals surface area contributed by atoms with Gasteiger partial charge in [0.1, 0.15) is 5.82 Å². The minimum Gasteiger partial charge on any atom is -0.394 e. The number of aromatic nitrogens is 3. The fourth-order valence-electron chi connectivity index (χ4n) is 3.50. The molecule has 4 rings (SSSR count). The van der Waals surface area contributed by atoms with E-state index in [1.165, 1.54) is 17.8 Å². The first kappa shape index (κ1) is 17.2. The Morgan fingerprint density at radius 1 is 1.15 bits per heavy atom. The molecule has 0 spiro atoms. The second kappa shape index (κ2) is 7.55. The zero-order valence-corrected chi connectivity index (χ0v) is 15.2. The molecule has 1 aromatic carbocycles. The van der Waals surface area contributed by atoms with Crippen molar-refractivity contribution < 1.29 is 9.50 Å². The first-order valence-corrected chi connectivity index (χ1v) is 9.71. The van der Waals surface area contributed by atoms with E-state index in [0.717, 1.165) is 42.3 Å². The van der Waals surface area contributed by atoms with Crippen molar-refractivity contribution >= 4 is 16.5 Å². The SMILES string of the molecule is OCCn1nccc1C1CCN(c2nc(-c3ccc(F)cc3)cs2)CC1. The normalized spacial score (nSPS) is 15.5. The van der Waals surface area contributed by atoms with Gasteiger partial charge in [0.15, 0.2) is 5.13 Å². The molecule has 0 bridgehead atoms. The average Bonchev–Trinajstić information content (AvgIpc) is 3.33. The number of anilines is 1. The van der Waals surface area contributed by atoms with Crippen molar-refractivity contribution in [3.8, 4) is 11.3 Å². The van der Waals surface area contributed by atoms with Gasteiger partial charge in [-0.1, -0.05) is 0 Å². The van der Waals surface area contributed by atoms with Crippen LogP contribution in [0.2, 0.25) is 0 Å². The molecule has 0 aliphatic carbocycles. The van der Waals surface area contributed by atoms with Crippen LogP contribution < -0.4 is 4.90 Å². The van der Waals surface area contributed by atoms with Crippen molar-refractivity contribution in [2.45, 2.75) is 25.3 Å². The number of aliphatic hydroxyl groups excluding tert-OH is 1. The Morgan fingerprint density at radius 3 is 2.65 bits per heavy atom. The molecule has 136 valence electrons. The van der Waals surface area contributed by atoms with Gasteiger partial charge in [0.2, 0.25) is 0 Å². The molecule has 0 radical (unpaired) electrons. The van der Waals surface area contributed by atoms with Gasteiger partial charge in [-0.05, 0) is 43.2 Å². The van der Waals surface area contributed by atoms with Crippen LogP contribution >= 0.6 is 11.3 Å². The minimum absolute atomic E-state index is 0.110. The largest absolute Gasteiger partial charge is 0.394 e. The van der Waals surface area contributed by atoms with Gasteiger partial charge < -0.3 is 10.0 Å². The van der Waals surface area contributed by atoms with Crippen molar-refractivity contribution in [3.63, 3.8) is 0 Å². The Morgan fingerprint density at radius 2 is 1.92 bits per heavy atom. The fourth-order valence-corrected chi connectivity index (χ4v) is 4.39. The molecule has 3 aromatic rings. The minimum atomic E-state index is -0.230. The van der Waals surface area contributed by atoms with Crippen LogP contribution in [-0.4, -0.2) is 39.6 Å². The number of thiazole rings is 1. The smallest absolute Gasteiger partial charge is 0.185 e. The van der Waals surface area contributed by atoms with Crippen LogP contribution in [0.3, 0.4) is 0 Å². The van der Waals surface area contributed by atoms with Crippen molar-refractivity contribution in [2.75, 3.05) is 24.6 Å². The monoisotopic (exact) mass is 372 g/mol. The molecule has 2 aromatic heterocycles. The molecule has 0 unspecified atom stereocenters. The summed E-state index contributed by atoms with van der Waals surface area (Å²) in [5.74, 6) is 0.239. The van der Waals surface area contributed by atoms with E-state index in [4.69, 9.17) is 10.1 Å². The number of aliphatic hydroxyl groups is 1. The molecule has 7 heteroatoms. The standard InChI is InChI=1S/C19H21FN4OS/c20-16-3-1-14(2-4-16)17-13-26-19(22-17)23-9-6-15(7-10-23)18-5-8-21-24(18)11-12-25/h1-5,8,13,15,25H,6-7,9-12H2. The van der Waals surface area contributed by atoms with Crippen LogP contribution in [0.5, 0.6) is 0 Å². The highest BCUT2D eigenvalue weighted by Crippen LogP contribution is 2.33. The maximum atomic E-state index is 13.1. The molecule has 3 heterocycles. The highest BCUT2D eigenvalue weighted by Gasteiger charge is 2.24. The third kappa shape index (κ3) is 3.50. The van der Waals surface area contributed by atoms with Crippen LogP contribution in [0.15, 0.2) is 41.9 Å². The van der Waals surface area contributed by atoms with Crippen LogP contribution in [0.1, 0.15) is 24.5 Å². The number of piperidine rings is 1. The van der Waals surface area contributed by atoms with E-state index in [9.17, 15) is 4.39 Å². The van der Waals surface area contributed by atoms with Crippen LogP contribution in [0, 0.1) is 5.82 Å². The third-order valence-electron chi connectivity index (χ3n) is 4.88. The lowest BCUT2D eigenvalue weighted by Crippen LogP contribution is -2.33. The molecule has 1 saturated heterocycles. The summed E-state index contributed by atoms with van der Waals surface area (Å²) in [5.41, 5.74) is 3.05. The highest BCUT2D eigenvalue weighted by molar-refractivity contribution is 7.14. The van der Waals surface area contributed by atoms with Crippen molar-refractivity contribution in [1.82, 2.24) is 14.8 Å². The van der Waals surface area contributed by atoms with E-state index in [2.05, 4.69) is 16.1 Å². The van der Waals surface area contributed by atoms with Gasteiger partial charge in [0.25, 0.3) is 0 Å². The third-order valence-corrected chi connectivity index (χ3v) is 5.78. The van der Waals surface area contributed by atoms with Gasteiger partial charge in [-0.15, -0.1) is 11.3 Å². The van der Waals surface area contributed by atoms with E-state index in [1.54, 1.807) is 23.5 Å². The Balaban J connectivity index is 1.42. The first-order valence-electron chi connectivity index (χ1n) is 8.83. The molecule has 1 fully saturated rings. The molecular formula is C19H21FN4OS. The average molecular weight is 372 g/mol. The number of hydrogen-bond acceptors (Lipinski definition) is 5. The fraction of sp³-hybridized carbons (Fsp3) is 0.368. The molecular weight excluding hydrogens is 351 g/mol. The zero-order valence-electron chi connectivity index (χ0n) is 14.4.